The molecule has 0 amide bonds. The molecule has 0 heterocycles. The molecular formula is C16H26O2. The van der Waals surface area contributed by atoms with Crippen LogP contribution in [-0.2, 0) is 4.74 Å². The predicted molar refractivity (Wildman–Crippen MR) is 77.2 cm³/mol. The van der Waals surface area contributed by atoms with Crippen LogP contribution in [0.4, 0.5) is 0 Å². The van der Waals surface area contributed by atoms with E-state index in [1.54, 1.807) is 0 Å². The van der Waals surface area contributed by atoms with E-state index in [-0.39, 0.29) is 5.97 Å². The average molecular weight is 250 g/mol. The molecule has 2 heteroatoms. The number of carbonyl (C=O) groups is 1. The van der Waals surface area contributed by atoms with Gasteiger partial charge in [-0.15, -0.1) is 0 Å². The molecule has 0 radical (unpaired) electrons. The maximum Gasteiger partial charge on any atom is 0.338 e. The van der Waals surface area contributed by atoms with Gasteiger partial charge in [-0.05, 0) is 64.3 Å². The Morgan fingerprint density at radius 2 is 1.56 bits per heavy atom. The zero-order chi connectivity index (χ0) is 14.5. The van der Waals surface area contributed by atoms with Gasteiger partial charge < -0.3 is 4.74 Å². The second-order valence-corrected chi connectivity index (χ2v) is 5.26. The van der Waals surface area contributed by atoms with Crippen molar-refractivity contribution in [1.29, 1.82) is 0 Å². The third kappa shape index (κ3) is 4.91. The lowest BCUT2D eigenvalue weighted by Gasteiger charge is -2.20. The molecule has 0 saturated carbocycles. The van der Waals surface area contributed by atoms with Gasteiger partial charge in [0.2, 0.25) is 0 Å². The molecule has 1 aromatic carbocycles. The standard InChI is InChI=1S/C14H20O2.C2H6/c1-9-7-10(2)11(3)12(8-9)13(15)16-14(4,5)6;1-2/h7-8H,1-6H3;1-2H3. The van der Waals surface area contributed by atoms with Gasteiger partial charge in [0, 0.05) is 0 Å². The Morgan fingerprint density at radius 3 is 2.00 bits per heavy atom. The van der Waals surface area contributed by atoms with Crippen molar-refractivity contribution in [3.63, 3.8) is 0 Å². The highest BCUT2D eigenvalue weighted by Crippen LogP contribution is 2.19. The molecule has 0 fully saturated rings. The summed E-state index contributed by atoms with van der Waals surface area (Å²) in [6.07, 6.45) is 0. The van der Waals surface area contributed by atoms with E-state index in [2.05, 4.69) is 6.07 Å². The molecular weight excluding hydrogens is 224 g/mol. The lowest BCUT2D eigenvalue weighted by atomic mass is 10.00. The molecule has 0 N–H and O–H groups in total. The van der Waals surface area contributed by atoms with Gasteiger partial charge >= 0.3 is 5.97 Å². The second kappa shape index (κ2) is 6.58. The highest BCUT2D eigenvalue weighted by molar-refractivity contribution is 5.91. The molecule has 0 atom stereocenters. The fraction of sp³-hybridized carbons (Fsp3) is 0.562. The van der Waals surface area contributed by atoms with Crippen LogP contribution in [0.3, 0.4) is 0 Å². The summed E-state index contributed by atoms with van der Waals surface area (Å²) in [7, 11) is 0. The van der Waals surface area contributed by atoms with Crippen LogP contribution in [-0.4, -0.2) is 11.6 Å². The fourth-order valence-corrected chi connectivity index (χ4v) is 1.58. The molecule has 1 aromatic rings. The van der Waals surface area contributed by atoms with E-state index >= 15 is 0 Å². The zero-order valence-corrected chi connectivity index (χ0v) is 13.0. The molecule has 1 rings (SSSR count). The van der Waals surface area contributed by atoms with E-state index in [0.717, 1.165) is 16.7 Å². The SMILES string of the molecule is CC.Cc1cc(C)c(C)c(C(=O)OC(C)(C)C)c1. The molecule has 2 nitrogen and oxygen atoms in total. The van der Waals surface area contributed by atoms with Gasteiger partial charge in [0.1, 0.15) is 5.60 Å². The average Bonchev–Trinajstić information content (AvgIpc) is 2.23. The first-order valence-corrected chi connectivity index (χ1v) is 6.52. The minimum absolute atomic E-state index is 0.239. The van der Waals surface area contributed by atoms with Crippen LogP contribution < -0.4 is 0 Å². The smallest absolute Gasteiger partial charge is 0.338 e. The summed E-state index contributed by atoms with van der Waals surface area (Å²) in [5.41, 5.74) is 3.44. The van der Waals surface area contributed by atoms with Gasteiger partial charge in [0.25, 0.3) is 0 Å². The Hall–Kier alpha value is -1.31. The number of rotatable bonds is 1. The van der Waals surface area contributed by atoms with E-state index in [1.165, 1.54) is 0 Å². The molecule has 0 aliphatic carbocycles. The van der Waals surface area contributed by atoms with Crippen molar-refractivity contribution >= 4 is 5.97 Å². The van der Waals surface area contributed by atoms with Gasteiger partial charge in [-0.1, -0.05) is 19.9 Å². The number of hydrogen-bond acceptors (Lipinski definition) is 2. The van der Waals surface area contributed by atoms with Crippen molar-refractivity contribution in [1.82, 2.24) is 0 Å². The molecule has 0 spiro atoms. The fourth-order valence-electron chi connectivity index (χ4n) is 1.58. The van der Waals surface area contributed by atoms with Crippen molar-refractivity contribution in [2.75, 3.05) is 0 Å². The Morgan fingerprint density at radius 1 is 1.06 bits per heavy atom. The summed E-state index contributed by atoms with van der Waals surface area (Å²) < 4.78 is 5.38. The third-order valence-electron chi connectivity index (χ3n) is 2.43. The van der Waals surface area contributed by atoms with E-state index in [0.29, 0.717) is 5.56 Å². The molecule has 0 aliphatic heterocycles. The molecule has 0 unspecified atom stereocenters. The van der Waals surface area contributed by atoms with Gasteiger partial charge in [-0.2, -0.15) is 0 Å². The van der Waals surface area contributed by atoms with E-state index in [9.17, 15) is 4.79 Å². The van der Waals surface area contributed by atoms with Crippen LogP contribution in [0.2, 0.25) is 0 Å². The van der Waals surface area contributed by atoms with Crippen LogP contribution >= 0.6 is 0 Å². The predicted octanol–water partition coefficient (Wildman–Crippen LogP) is 4.59. The Labute approximate surface area is 111 Å². The maximum atomic E-state index is 12.0. The largest absolute Gasteiger partial charge is 0.456 e. The van der Waals surface area contributed by atoms with Crippen LogP contribution in [0.1, 0.15) is 61.7 Å². The van der Waals surface area contributed by atoms with Gasteiger partial charge in [-0.3, -0.25) is 0 Å². The molecule has 0 saturated heterocycles. The zero-order valence-electron chi connectivity index (χ0n) is 13.0. The Balaban J connectivity index is 0.00000137. The van der Waals surface area contributed by atoms with Crippen LogP contribution in [0.5, 0.6) is 0 Å². The number of ether oxygens (including phenoxy) is 1. The number of aryl methyl sites for hydroxylation is 2. The van der Waals surface area contributed by atoms with E-state index < -0.39 is 5.60 Å². The van der Waals surface area contributed by atoms with Crippen LogP contribution in [0, 0.1) is 20.8 Å². The molecule has 0 bridgehead atoms. The van der Waals surface area contributed by atoms with Crippen LogP contribution in [0.15, 0.2) is 12.1 Å². The first-order chi connectivity index (χ1) is 8.20. The number of hydrogen-bond donors (Lipinski definition) is 0. The lowest BCUT2D eigenvalue weighted by Crippen LogP contribution is -2.24. The summed E-state index contributed by atoms with van der Waals surface area (Å²) in [6, 6.07) is 3.96. The molecule has 18 heavy (non-hydrogen) atoms. The van der Waals surface area contributed by atoms with Gasteiger partial charge in [0.15, 0.2) is 0 Å². The minimum Gasteiger partial charge on any atom is -0.456 e. The maximum absolute atomic E-state index is 12.0. The van der Waals surface area contributed by atoms with E-state index in [1.807, 2.05) is 61.5 Å². The number of carbonyl (C=O) groups excluding carboxylic acids is 1. The van der Waals surface area contributed by atoms with Crippen molar-refractivity contribution in [2.45, 2.75) is 61.0 Å². The number of benzene rings is 1. The topological polar surface area (TPSA) is 26.3 Å². The van der Waals surface area contributed by atoms with Gasteiger partial charge in [0.05, 0.1) is 5.56 Å². The minimum atomic E-state index is -0.443. The second-order valence-electron chi connectivity index (χ2n) is 5.26. The molecule has 0 aliphatic rings. The monoisotopic (exact) mass is 250 g/mol. The summed E-state index contributed by atoms with van der Waals surface area (Å²) >= 11 is 0. The summed E-state index contributed by atoms with van der Waals surface area (Å²) in [5, 5.41) is 0. The quantitative estimate of drug-likeness (QED) is 0.681. The van der Waals surface area contributed by atoms with E-state index in [4.69, 9.17) is 4.74 Å². The summed E-state index contributed by atoms with van der Waals surface area (Å²) in [4.78, 5) is 12.0. The molecule has 102 valence electrons. The highest BCUT2D eigenvalue weighted by atomic mass is 16.6. The Bertz CT molecular complexity index is 412. The Kier molecular flexibility index (Phi) is 6.10. The first kappa shape index (κ1) is 16.7. The van der Waals surface area contributed by atoms with Crippen LogP contribution in [0.25, 0.3) is 0 Å². The summed E-state index contributed by atoms with van der Waals surface area (Å²) in [5.74, 6) is -0.239. The van der Waals surface area contributed by atoms with Crippen molar-refractivity contribution in [3.05, 3.63) is 34.4 Å². The third-order valence-corrected chi connectivity index (χ3v) is 2.43. The normalized spacial score (nSPS) is 10.4. The number of esters is 1. The van der Waals surface area contributed by atoms with Crippen molar-refractivity contribution in [3.8, 4) is 0 Å². The molecule has 0 aromatic heterocycles. The lowest BCUT2D eigenvalue weighted by molar-refractivity contribution is 0.00685. The highest BCUT2D eigenvalue weighted by Gasteiger charge is 2.19. The summed E-state index contributed by atoms with van der Waals surface area (Å²) in [6.45, 7) is 15.6. The van der Waals surface area contributed by atoms with Gasteiger partial charge in [-0.25, -0.2) is 4.79 Å². The van der Waals surface area contributed by atoms with Crippen molar-refractivity contribution < 1.29 is 9.53 Å². The van der Waals surface area contributed by atoms with Crippen molar-refractivity contribution in [2.24, 2.45) is 0 Å². The first-order valence-electron chi connectivity index (χ1n) is 6.52.